The third-order valence-electron chi connectivity index (χ3n) is 7.53. The number of unbranched alkanes of at least 4 members (excludes halogenated alkanes) is 5. The summed E-state index contributed by atoms with van der Waals surface area (Å²) in [6.45, 7) is 15.7. The van der Waals surface area contributed by atoms with Gasteiger partial charge in [0.1, 0.15) is 23.4 Å². The van der Waals surface area contributed by atoms with E-state index < -0.39 is 23.8 Å². The summed E-state index contributed by atoms with van der Waals surface area (Å²) < 4.78 is 5.54. The minimum absolute atomic E-state index is 0.0775. The molecule has 0 aromatic heterocycles. The van der Waals surface area contributed by atoms with Crippen molar-refractivity contribution in [3.05, 3.63) is 71.8 Å². The molecule has 0 aliphatic carbocycles. The summed E-state index contributed by atoms with van der Waals surface area (Å²) in [5.74, 6) is -0.543. The third kappa shape index (κ3) is 13.4. The lowest BCUT2D eigenvalue weighted by atomic mass is 9.98. The number of phenols is 1. The molecule has 3 atom stereocenters. The summed E-state index contributed by atoms with van der Waals surface area (Å²) in [5, 5.41) is 15.8. The Labute approximate surface area is 270 Å². The zero-order valence-corrected chi connectivity index (χ0v) is 28.2. The second-order valence-electron chi connectivity index (χ2n) is 12.8. The van der Waals surface area contributed by atoms with Gasteiger partial charge in [0.25, 0.3) is 0 Å². The Morgan fingerprint density at radius 3 is 2.24 bits per heavy atom. The Balaban J connectivity index is 2.58. The highest BCUT2D eigenvalue weighted by Gasteiger charge is 2.36. The smallest absolute Gasteiger partial charge is 0.408 e. The van der Waals surface area contributed by atoms with Crippen molar-refractivity contribution in [3.63, 3.8) is 0 Å². The van der Waals surface area contributed by atoms with Crippen LogP contribution in [0.1, 0.15) is 116 Å². The van der Waals surface area contributed by atoms with Gasteiger partial charge in [0.15, 0.2) is 0 Å². The lowest BCUT2D eigenvalue weighted by molar-refractivity contribution is -0.142. The van der Waals surface area contributed by atoms with Crippen LogP contribution in [-0.2, 0) is 20.7 Å². The Bertz CT molecular complexity index is 1220. The molecule has 248 valence electrons. The van der Waals surface area contributed by atoms with Gasteiger partial charge in [0, 0.05) is 19.0 Å². The predicted molar refractivity (Wildman–Crippen MR) is 182 cm³/mol. The van der Waals surface area contributed by atoms with E-state index in [4.69, 9.17) is 4.74 Å². The van der Waals surface area contributed by atoms with Gasteiger partial charge in [-0.1, -0.05) is 95.4 Å². The first-order valence-corrected chi connectivity index (χ1v) is 16.5. The van der Waals surface area contributed by atoms with Crippen molar-refractivity contribution < 1.29 is 24.2 Å². The van der Waals surface area contributed by atoms with E-state index in [1.54, 1.807) is 56.0 Å². The molecule has 0 saturated heterocycles. The van der Waals surface area contributed by atoms with Crippen LogP contribution >= 0.6 is 0 Å². The quantitative estimate of drug-likeness (QED) is 0.148. The van der Waals surface area contributed by atoms with Crippen molar-refractivity contribution in [2.75, 3.05) is 6.54 Å². The maximum atomic E-state index is 14.7. The van der Waals surface area contributed by atoms with Crippen LogP contribution in [0.4, 0.5) is 4.79 Å². The fourth-order valence-electron chi connectivity index (χ4n) is 5.30. The normalized spacial score (nSPS) is 13.3. The highest BCUT2D eigenvalue weighted by atomic mass is 16.6. The molecule has 0 fully saturated rings. The summed E-state index contributed by atoms with van der Waals surface area (Å²) in [6.07, 6.45) is 8.95. The Kier molecular flexibility index (Phi) is 15.7. The summed E-state index contributed by atoms with van der Waals surface area (Å²) in [4.78, 5) is 43.4. The molecule has 0 aliphatic heterocycles. The number of aromatic hydroxyl groups is 1. The molecule has 0 saturated carbocycles. The van der Waals surface area contributed by atoms with E-state index in [1.807, 2.05) is 31.2 Å². The SMILES string of the molecule is C=Cc1cccc(C(C(=O)NC(C)CCC)N(CCCCCCCC)C(=O)C(Cc2ccc(O)cc2)NC(=O)OC(C)(C)C)c1. The summed E-state index contributed by atoms with van der Waals surface area (Å²) in [7, 11) is 0. The minimum atomic E-state index is -1.02. The topological polar surface area (TPSA) is 108 Å². The van der Waals surface area contributed by atoms with E-state index >= 15 is 0 Å². The van der Waals surface area contributed by atoms with Crippen LogP contribution < -0.4 is 10.6 Å². The molecule has 3 amide bonds. The number of hydrogen-bond donors (Lipinski definition) is 3. The molecule has 8 heteroatoms. The number of rotatable bonds is 18. The zero-order chi connectivity index (χ0) is 33.4. The number of carbonyl (C=O) groups excluding carboxylic acids is 3. The lowest BCUT2D eigenvalue weighted by Crippen LogP contribution is -2.54. The van der Waals surface area contributed by atoms with E-state index in [-0.39, 0.29) is 30.0 Å². The maximum Gasteiger partial charge on any atom is 0.408 e. The highest BCUT2D eigenvalue weighted by molar-refractivity contribution is 5.92. The largest absolute Gasteiger partial charge is 0.508 e. The average molecular weight is 622 g/mol. The molecule has 2 rings (SSSR count). The molecule has 0 spiro atoms. The van der Waals surface area contributed by atoms with Crippen LogP contribution in [0.3, 0.4) is 0 Å². The summed E-state index contributed by atoms with van der Waals surface area (Å²) in [6, 6.07) is 12.0. The molecular formula is C37H55N3O5. The molecule has 0 bridgehead atoms. The van der Waals surface area contributed by atoms with Crippen LogP contribution in [-0.4, -0.2) is 52.1 Å². The maximum absolute atomic E-state index is 14.7. The van der Waals surface area contributed by atoms with Gasteiger partial charge in [0.05, 0.1) is 0 Å². The molecule has 2 aromatic carbocycles. The molecular weight excluding hydrogens is 566 g/mol. The van der Waals surface area contributed by atoms with Gasteiger partial charge in [-0.3, -0.25) is 9.59 Å². The van der Waals surface area contributed by atoms with E-state index in [0.717, 1.165) is 56.1 Å². The molecule has 2 aromatic rings. The fraction of sp³-hybridized carbons (Fsp3) is 0.541. The van der Waals surface area contributed by atoms with Crippen molar-refractivity contribution >= 4 is 24.0 Å². The van der Waals surface area contributed by atoms with Crippen LogP contribution in [0.5, 0.6) is 5.75 Å². The Morgan fingerprint density at radius 2 is 1.62 bits per heavy atom. The number of ether oxygens (including phenoxy) is 1. The monoisotopic (exact) mass is 621 g/mol. The molecule has 0 aliphatic rings. The number of carbonyl (C=O) groups is 3. The van der Waals surface area contributed by atoms with Gasteiger partial charge in [-0.05, 0) is 75.4 Å². The van der Waals surface area contributed by atoms with Gasteiger partial charge < -0.3 is 25.4 Å². The van der Waals surface area contributed by atoms with Gasteiger partial charge in [-0.25, -0.2) is 4.79 Å². The summed E-state index contributed by atoms with van der Waals surface area (Å²) in [5.41, 5.74) is 1.49. The third-order valence-corrected chi connectivity index (χ3v) is 7.53. The lowest BCUT2D eigenvalue weighted by Gasteiger charge is -2.35. The van der Waals surface area contributed by atoms with Gasteiger partial charge in [-0.2, -0.15) is 0 Å². The Morgan fingerprint density at radius 1 is 0.956 bits per heavy atom. The van der Waals surface area contributed by atoms with Crippen LogP contribution in [0.25, 0.3) is 6.08 Å². The predicted octanol–water partition coefficient (Wildman–Crippen LogP) is 7.71. The van der Waals surface area contributed by atoms with Crippen molar-refractivity contribution in [2.45, 2.75) is 123 Å². The molecule has 45 heavy (non-hydrogen) atoms. The molecule has 0 radical (unpaired) electrons. The second kappa shape index (κ2) is 18.9. The van der Waals surface area contributed by atoms with Gasteiger partial charge in [0.2, 0.25) is 11.8 Å². The average Bonchev–Trinajstić information content (AvgIpc) is 2.97. The second-order valence-corrected chi connectivity index (χ2v) is 12.8. The standard InChI is InChI=1S/C37H55N3O5/c1-8-11-12-13-14-15-24-40(33(34(42)38-27(4)17-9-2)30-19-16-18-28(10-3)25-30)35(43)32(39-36(44)45-37(5,6)7)26-29-20-22-31(41)23-21-29/h10,16,18-23,25,27,32-33,41H,3,8-9,11-15,17,24,26H2,1-2,4-7H3,(H,38,42)(H,39,44). The number of hydrogen-bond acceptors (Lipinski definition) is 5. The van der Waals surface area contributed by atoms with Crippen LogP contribution in [0.15, 0.2) is 55.1 Å². The van der Waals surface area contributed by atoms with Crippen molar-refractivity contribution in [2.24, 2.45) is 0 Å². The van der Waals surface area contributed by atoms with Crippen LogP contribution in [0, 0.1) is 0 Å². The minimum Gasteiger partial charge on any atom is -0.508 e. The van der Waals surface area contributed by atoms with E-state index in [1.165, 1.54) is 0 Å². The number of benzene rings is 2. The highest BCUT2D eigenvalue weighted by Crippen LogP contribution is 2.26. The zero-order valence-electron chi connectivity index (χ0n) is 28.2. The summed E-state index contributed by atoms with van der Waals surface area (Å²) >= 11 is 0. The van der Waals surface area contributed by atoms with E-state index in [0.29, 0.717) is 18.5 Å². The number of amides is 3. The van der Waals surface area contributed by atoms with Gasteiger partial charge in [-0.15, -0.1) is 0 Å². The van der Waals surface area contributed by atoms with E-state index in [2.05, 4.69) is 31.1 Å². The molecule has 0 heterocycles. The number of alkyl carbamates (subject to hydrolysis) is 1. The first-order valence-electron chi connectivity index (χ1n) is 16.5. The fourth-order valence-corrected chi connectivity index (χ4v) is 5.30. The first kappa shape index (κ1) is 37.4. The van der Waals surface area contributed by atoms with Crippen molar-refractivity contribution in [1.82, 2.24) is 15.5 Å². The Hall–Kier alpha value is -3.81. The molecule has 3 N–H and O–H groups in total. The van der Waals surface area contributed by atoms with Crippen molar-refractivity contribution in [1.29, 1.82) is 0 Å². The number of phenolic OH excluding ortho intramolecular Hbond substituents is 1. The van der Waals surface area contributed by atoms with Crippen molar-refractivity contribution in [3.8, 4) is 5.75 Å². The molecule has 3 unspecified atom stereocenters. The van der Waals surface area contributed by atoms with Crippen LogP contribution in [0.2, 0.25) is 0 Å². The van der Waals surface area contributed by atoms with E-state index in [9.17, 15) is 19.5 Å². The number of nitrogens with zero attached hydrogens (tertiary/aromatic N) is 1. The molecule has 8 nitrogen and oxygen atoms in total. The number of nitrogens with one attached hydrogen (secondary N) is 2. The van der Waals surface area contributed by atoms with Gasteiger partial charge >= 0.3 is 6.09 Å². The first-order chi connectivity index (χ1) is 21.4.